The lowest BCUT2D eigenvalue weighted by Crippen LogP contribution is -2.33. The van der Waals surface area contributed by atoms with Crippen LogP contribution in [0.1, 0.15) is 24.6 Å². The molecule has 0 radical (unpaired) electrons. The smallest absolute Gasteiger partial charge is 0.265 e. The zero-order valence-electron chi connectivity index (χ0n) is 16.3. The van der Waals surface area contributed by atoms with E-state index in [9.17, 15) is 4.79 Å². The summed E-state index contributed by atoms with van der Waals surface area (Å²) in [7, 11) is 0. The Hall–Kier alpha value is -3.41. The number of hydrogen-bond acceptors (Lipinski definition) is 5. The minimum atomic E-state index is -0.660. The third-order valence-corrected chi connectivity index (χ3v) is 4.47. The van der Waals surface area contributed by atoms with Crippen LogP contribution in [0.2, 0.25) is 0 Å². The van der Waals surface area contributed by atoms with E-state index in [1.165, 1.54) is 0 Å². The molecule has 0 saturated heterocycles. The molecule has 1 atom stereocenters. The molecule has 1 aromatic heterocycles. The van der Waals surface area contributed by atoms with E-state index in [1.807, 2.05) is 63.2 Å². The molecule has 1 unspecified atom stereocenters. The van der Waals surface area contributed by atoms with Crippen molar-refractivity contribution in [2.45, 2.75) is 33.3 Å². The predicted molar refractivity (Wildman–Crippen MR) is 111 cm³/mol. The molecule has 6 heteroatoms. The van der Waals surface area contributed by atoms with E-state index in [-0.39, 0.29) is 5.91 Å². The lowest BCUT2D eigenvalue weighted by Gasteiger charge is -2.19. The van der Waals surface area contributed by atoms with Crippen LogP contribution in [0.25, 0.3) is 11.4 Å². The molecule has 0 spiro atoms. The Balaban J connectivity index is 1.85. The summed E-state index contributed by atoms with van der Waals surface area (Å²) in [6.07, 6.45) is -0.147. The summed E-state index contributed by atoms with van der Waals surface area (Å²) in [6, 6.07) is 16.6. The van der Waals surface area contributed by atoms with Crippen molar-refractivity contribution in [3.8, 4) is 17.3 Å². The summed E-state index contributed by atoms with van der Waals surface area (Å²) >= 11 is 0. The van der Waals surface area contributed by atoms with E-state index in [4.69, 9.17) is 10.5 Å². The summed E-state index contributed by atoms with van der Waals surface area (Å²) in [5.74, 6) is 0.740. The third-order valence-electron chi connectivity index (χ3n) is 4.47. The molecule has 3 rings (SSSR count). The number of carbonyl (C=O) groups excluding carboxylic acids is 1. The van der Waals surface area contributed by atoms with Gasteiger partial charge in [-0.05, 0) is 56.7 Å². The first-order valence-corrected chi connectivity index (χ1v) is 9.21. The summed E-state index contributed by atoms with van der Waals surface area (Å²) in [6.45, 7) is 5.69. The van der Waals surface area contributed by atoms with Crippen molar-refractivity contribution in [3.05, 3.63) is 65.9 Å². The average Bonchev–Trinajstić information content (AvgIpc) is 2.70. The van der Waals surface area contributed by atoms with E-state index in [1.54, 1.807) is 12.1 Å². The SMILES string of the molecule is CCC(Oc1nc(-c2ccc(N)cc2)nc(C)c1C)C(=O)Nc1ccccc1. The van der Waals surface area contributed by atoms with Crippen molar-refractivity contribution < 1.29 is 9.53 Å². The van der Waals surface area contributed by atoms with Gasteiger partial charge in [-0.15, -0.1) is 0 Å². The van der Waals surface area contributed by atoms with Gasteiger partial charge < -0.3 is 15.8 Å². The molecule has 1 heterocycles. The Kier molecular flexibility index (Phi) is 5.89. The van der Waals surface area contributed by atoms with Crippen LogP contribution in [0.4, 0.5) is 11.4 Å². The average molecular weight is 376 g/mol. The van der Waals surface area contributed by atoms with Gasteiger partial charge in [0.15, 0.2) is 11.9 Å². The molecule has 144 valence electrons. The van der Waals surface area contributed by atoms with Gasteiger partial charge in [0, 0.05) is 28.2 Å². The molecule has 0 saturated carbocycles. The van der Waals surface area contributed by atoms with E-state index >= 15 is 0 Å². The highest BCUT2D eigenvalue weighted by Gasteiger charge is 2.21. The normalized spacial score (nSPS) is 11.7. The minimum Gasteiger partial charge on any atom is -0.464 e. The predicted octanol–water partition coefficient (Wildman–Crippen LogP) is 4.14. The number of nitrogens with two attached hydrogens (primary N) is 1. The summed E-state index contributed by atoms with van der Waals surface area (Å²) in [5, 5.41) is 2.88. The van der Waals surface area contributed by atoms with Gasteiger partial charge in [0.2, 0.25) is 5.88 Å². The maximum Gasteiger partial charge on any atom is 0.265 e. The molecule has 0 aliphatic carbocycles. The molecule has 3 N–H and O–H groups in total. The monoisotopic (exact) mass is 376 g/mol. The number of amides is 1. The van der Waals surface area contributed by atoms with Crippen LogP contribution < -0.4 is 15.8 Å². The number of rotatable bonds is 6. The summed E-state index contributed by atoms with van der Waals surface area (Å²) in [4.78, 5) is 21.7. The minimum absolute atomic E-state index is 0.210. The van der Waals surface area contributed by atoms with Gasteiger partial charge in [-0.1, -0.05) is 25.1 Å². The molecule has 1 amide bonds. The van der Waals surface area contributed by atoms with Crippen molar-refractivity contribution in [1.29, 1.82) is 0 Å². The van der Waals surface area contributed by atoms with Crippen LogP contribution in [0.15, 0.2) is 54.6 Å². The van der Waals surface area contributed by atoms with Gasteiger partial charge in [0.1, 0.15) is 0 Å². The van der Waals surface area contributed by atoms with Gasteiger partial charge in [-0.3, -0.25) is 4.79 Å². The molecule has 0 bridgehead atoms. The number of aryl methyl sites for hydroxylation is 1. The first-order valence-electron chi connectivity index (χ1n) is 9.21. The zero-order chi connectivity index (χ0) is 20.1. The zero-order valence-corrected chi connectivity index (χ0v) is 16.3. The third kappa shape index (κ3) is 4.46. The fourth-order valence-electron chi connectivity index (χ4n) is 2.68. The number of anilines is 2. The van der Waals surface area contributed by atoms with Gasteiger partial charge >= 0.3 is 0 Å². The number of benzene rings is 2. The molecule has 2 aromatic carbocycles. The topological polar surface area (TPSA) is 90.1 Å². The first kappa shape index (κ1) is 19.4. The second kappa shape index (κ2) is 8.52. The molecule has 28 heavy (non-hydrogen) atoms. The van der Waals surface area contributed by atoms with Crippen molar-refractivity contribution in [3.63, 3.8) is 0 Å². The number of hydrogen-bond donors (Lipinski definition) is 2. The van der Waals surface area contributed by atoms with Gasteiger partial charge in [0.25, 0.3) is 5.91 Å². The Morgan fingerprint density at radius 1 is 1.07 bits per heavy atom. The van der Waals surface area contributed by atoms with Crippen LogP contribution in [0.5, 0.6) is 5.88 Å². The summed E-state index contributed by atoms with van der Waals surface area (Å²) < 4.78 is 6.01. The number of para-hydroxylation sites is 1. The second-order valence-electron chi connectivity index (χ2n) is 6.55. The van der Waals surface area contributed by atoms with Crippen LogP contribution in [-0.2, 0) is 4.79 Å². The van der Waals surface area contributed by atoms with Crippen LogP contribution in [-0.4, -0.2) is 22.0 Å². The fourth-order valence-corrected chi connectivity index (χ4v) is 2.68. The van der Waals surface area contributed by atoms with Gasteiger partial charge in [0.05, 0.1) is 0 Å². The molecule has 0 aliphatic heterocycles. The van der Waals surface area contributed by atoms with E-state index < -0.39 is 6.10 Å². The summed E-state index contributed by atoms with van der Waals surface area (Å²) in [5.41, 5.74) is 9.61. The number of aromatic nitrogens is 2. The Morgan fingerprint density at radius 3 is 2.39 bits per heavy atom. The quantitative estimate of drug-likeness (QED) is 0.631. The van der Waals surface area contributed by atoms with E-state index in [0.29, 0.717) is 23.8 Å². The number of ether oxygens (including phenoxy) is 1. The lowest BCUT2D eigenvalue weighted by atomic mass is 10.1. The highest BCUT2D eigenvalue weighted by molar-refractivity contribution is 5.94. The standard InChI is InChI=1S/C22H24N4O2/c1-4-19(21(27)25-18-8-6-5-7-9-18)28-22-14(2)15(3)24-20(26-22)16-10-12-17(23)13-11-16/h5-13,19H,4,23H2,1-3H3,(H,25,27). The molecule has 3 aromatic rings. The Labute approximate surface area is 164 Å². The molecule has 6 nitrogen and oxygen atoms in total. The van der Waals surface area contributed by atoms with Crippen molar-refractivity contribution in [2.24, 2.45) is 0 Å². The first-order chi connectivity index (χ1) is 13.5. The Bertz CT molecular complexity index is 956. The maximum atomic E-state index is 12.6. The van der Waals surface area contributed by atoms with Gasteiger partial charge in [-0.2, -0.15) is 4.98 Å². The highest BCUT2D eigenvalue weighted by atomic mass is 16.5. The number of nitrogen functional groups attached to an aromatic ring is 1. The molecule has 0 fully saturated rings. The number of nitrogens with one attached hydrogen (secondary N) is 1. The highest BCUT2D eigenvalue weighted by Crippen LogP contribution is 2.25. The largest absolute Gasteiger partial charge is 0.464 e. The lowest BCUT2D eigenvalue weighted by molar-refractivity contribution is -0.123. The van der Waals surface area contributed by atoms with Crippen LogP contribution in [0.3, 0.4) is 0 Å². The second-order valence-corrected chi connectivity index (χ2v) is 6.55. The van der Waals surface area contributed by atoms with E-state index in [2.05, 4.69) is 15.3 Å². The van der Waals surface area contributed by atoms with Crippen LogP contribution in [0, 0.1) is 13.8 Å². The number of carbonyl (C=O) groups is 1. The van der Waals surface area contributed by atoms with Crippen LogP contribution >= 0.6 is 0 Å². The number of nitrogens with zero attached hydrogens (tertiary/aromatic N) is 2. The van der Waals surface area contributed by atoms with Crippen molar-refractivity contribution in [1.82, 2.24) is 9.97 Å². The Morgan fingerprint density at radius 2 is 1.75 bits per heavy atom. The van der Waals surface area contributed by atoms with Gasteiger partial charge in [-0.25, -0.2) is 4.98 Å². The fraction of sp³-hybridized carbons (Fsp3) is 0.227. The van der Waals surface area contributed by atoms with Crippen molar-refractivity contribution in [2.75, 3.05) is 11.1 Å². The van der Waals surface area contributed by atoms with Crippen molar-refractivity contribution >= 4 is 17.3 Å². The molecular weight excluding hydrogens is 352 g/mol. The molecular formula is C22H24N4O2. The van der Waals surface area contributed by atoms with E-state index in [0.717, 1.165) is 22.5 Å². The molecule has 0 aliphatic rings. The maximum absolute atomic E-state index is 12.6.